The SMILES string of the molecule is O=C(O)c1[nH]c2ccc(C(F)(F)F)cc2c1Cc1ccc(Cl)c(Cl)c1. The van der Waals surface area contributed by atoms with E-state index in [0.717, 1.165) is 12.1 Å². The van der Waals surface area contributed by atoms with Gasteiger partial charge in [0.05, 0.1) is 15.6 Å². The average molecular weight is 388 g/mol. The van der Waals surface area contributed by atoms with Gasteiger partial charge in [-0.15, -0.1) is 0 Å². The summed E-state index contributed by atoms with van der Waals surface area (Å²) in [6.45, 7) is 0. The van der Waals surface area contributed by atoms with Gasteiger partial charge in [0, 0.05) is 17.3 Å². The summed E-state index contributed by atoms with van der Waals surface area (Å²) in [5.74, 6) is -1.25. The van der Waals surface area contributed by atoms with E-state index >= 15 is 0 Å². The number of halogens is 5. The molecule has 0 saturated heterocycles. The highest BCUT2D eigenvalue weighted by Gasteiger charge is 2.31. The number of hydrogen-bond donors (Lipinski definition) is 2. The third kappa shape index (κ3) is 3.45. The zero-order valence-corrected chi connectivity index (χ0v) is 13.9. The van der Waals surface area contributed by atoms with Gasteiger partial charge in [0.25, 0.3) is 0 Å². The van der Waals surface area contributed by atoms with Gasteiger partial charge in [0.1, 0.15) is 5.69 Å². The lowest BCUT2D eigenvalue weighted by atomic mass is 10.0. The molecule has 1 heterocycles. The van der Waals surface area contributed by atoms with Crippen LogP contribution in [0.1, 0.15) is 27.2 Å². The molecule has 2 aromatic carbocycles. The normalized spacial score (nSPS) is 11.9. The van der Waals surface area contributed by atoms with Crippen molar-refractivity contribution in [2.24, 2.45) is 0 Å². The molecule has 0 aliphatic rings. The third-order valence-corrected chi connectivity index (χ3v) is 4.55. The molecule has 0 atom stereocenters. The van der Waals surface area contributed by atoms with Gasteiger partial charge in [0.2, 0.25) is 0 Å². The number of aromatic amines is 1. The second-order valence-corrected chi connectivity index (χ2v) is 6.28. The number of benzene rings is 2. The van der Waals surface area contributed by atoms with Crippen molar-refractivity contribution in [1.29, 1.82) is 0 Å². The molecule has 0 aliphatic carbocycles. The quantitative estimate of drug-likeness (QED) is 0.598. The molecule has 0 fully saturated rings. The first-order chi connectivity index (χ1) is 11.7. The summed E-state index contributed by atoms with van der Waals surface area (Å²) in [7, 11) is 0. The first-order valence-electron chi connectivity index (χ1n) is 7.06. The molecule has 0 amide bonds. The van der Waals surface area contributed by atoms with Crippen molar-refractivity contribution >= 4 is 40.1 Å². The number of aromatic carboxylic acids is 1. The van der Waals surface area contributed by atoms with Gasteiger partial charge < -0.3 is 10.1 Å². The van der Waals surface area contributed by atoms with E-state index in [4.69, 9.17) is 23.2 Å². The molecule has 1 aromatic heterocycles. The van der Waals surface area contributed by atoms with Crippen molar-refractivity contribution in [3.63, 3.8) is 0 Å². The van der Waals surface area contributed by atoms with E-state index in [1.807, 2.05) is 0 Å². The zero-order valence-electron chi connectivity index (χ0n) is 12.4. The minimum atomic E-state index is -4.52. The van der Waals surface area contributed by atoms with E-state index in [2.05, 4.69) is 4.98 Å². The molecule has 130 valence electrons. The Morgan fingerprint density at radius 3 is 2.40 bits per heavy atom. The number of fused-ring (bicyclic) bond motifs is 1. The van der Waals surface area contributed by atoms with Crippen molar-refractivity contribution < 1.29 is 23.1 Å². The van der Waals surface area contributed by atoms with Gasteiger partial charge in [-0.1, -0.05) is 29.3 Å². The van der Waals surface area contributed by atoms with E-state index in [0.29, 0.717) is 16.1 Å². The fraction of sp³-hybridized carbons (Fsp3) is 0.118. The number of alkyl halides is 3. The highest BCUT2D eigenvalue weighted by Crippen LogP contribution is 2.34. The van der Waals surface area contributed by atoms with Crippen LogP contribution in [0.25, 0.3) is 10.9 Å². The lowest BCUT2D eigenvalue weighted by Crippen LogP contribution is -2.04. The summed E-state index contributed by atoms with van der Waals surface area (Å²) in [5, 5.41) is 10.2. The van der Waals surface area contributed by atoms with Gasteiger partial charge in [-0.2, -0.15) is 13.2 Å². The van der Waals surface area contributed by atoms with E-state index in [1.165, 1.54) is 6.07 Å². The van der Waals surface area contributed by atoms with E-state index in [9.17, 15) is 23.1 Å². The molecule has 0 aliphatic heterocycles. The summed E-state index contributed by atoms with van der Waals surface area (Å²) in [6, 6.07) is 7.84. The number of carboxylic acid groups (broad SMARTS) is 1. The van der Waals surface area contributed by atoms with Crippen LogP contribution < -0.4 is 0 Å². The van der Waals surface area contributed by atoms with Crippen LogP contribution in [-0.4, -0.2) is 16.1 Å². The Balaban J connectivity index is 2.17. The monoisotopic (exact) mass is 387 g/mol. The number of H-pyrrole nitrogens is 1. The summed E-state index contributed by atoms with van der Waals surface area (Å²) in [5.41, 5.74) is 0.217. The second-order valence-electron chi connectivity index (χ2n) is 5.47. The highest BCUT2D eigenvalue weighted by atomic mass is 35.5. The van der Waals surface area contributed by atoms with Crippen LogP contribution in [0.2, 0.25) is 10.0 Å². The largest absolute Gasteiger partial charge is 0.477 e. The van der Waals surface area contributed by atoms with Gasteiger partial charge in [-0.25, -0.2) is 4.79 Å². The predicted octanol–water partition coefficient (Wildman–Crippen LogP) is 5.78. The first kappa shape index (κ1) is 17.6. The topological polar surface area (TPSA) is 53.1 Å². The molecule has 8 heteroatoms. The Hall–Kier alpha value is -2.18. The van der Waals surface area contributed by atoms with Crippen molar-refractivity contribution in [1.82, 2.24) is 4.98 Å². The van der Waals surface area contributed by atoms with Crippen LogP contribution in [0.4, 0.5) is 13.2 Å². The molecular weight excluding hydrogens is 378 g/mol. The number of rotatable bonds is 3. The summed E-state index contributed by atoms with van der Waals surface area (Å²) < 4.78 is 38.9. The fourth-order valence-electron chi connectivity index (χ4n) is 2.64. The number of carboxylic acids is 1. The predicted molar refractivity (Wildman–Crippen MR) is 89.5 cm³/mol. The van der Waals surface area contributed by atoms with Crippen LogP contribution >= 0.6 is 23.2 Å². The Labute approximate surface area is 150 Å². The third-order valence-electron chi connectivity index (χ3n) is 3.81. The molecular formula is C17H10Cl2F3NO2. The standard InChI is InChI=1S/C17H10Cl2F3NO2/c18-12-3-1-8(6-13(12)19)5-11-10-7-9(17(20,21)22)2-4-14(10)23-15(11)16(24)25/h1-4,6-7,23H,5H2,(H,24,25). The average Bonchev–Trinajstić information content (AvgIpc) is 2.88. The zero-order chi connectivity index (χ0) is 18.4. The lowest BCUT2D eigenvalue weighted by molar-refractivity contribution is -0.137. The maximum absolute atomic E-state index is 13.0. The molecule has 2 N–H and O–H groups in total. The Morgan fingerprint density at radius 2 is 1.80 bits per heavy atom. The number of hydrogen-bond acceptors (Lipinski definition) is 1. The molecule has 0 saturated carbocycles. The molecule has 25 heavy (non-hydrogen) atoms. The second kappa shape index (κ2) is 6.28. The smallest absolute Gasteiger partial charge is 0.416 e. The first-order valence-corrected chi connectivity index (χ1v) is 7.81. The van der Waals surface area contributed by atoms with Crippen LogP contribution in [0.15, 0.2) is 36.4 Å². The molecule has 0 radical (unpaired) electrons. The number of carbonyl (C=O) groups is 1. The molecule has 0 bridgehead atoms. The highest BCUT2D eigenvalue weighted by molar-refractivity contribution is 6.42. The Kier molecular flexibility index (Phi) is 4.43. The lowest BCUT2D eigenvalue weighted by Gasteiger charge is -2.08. The van der Waals surface area contributed by atoms with Crippen LogP contribution in [0.3, 0.4) is 0 Å². The number of nitrogens with one attached hydrogen (secondary N) is 1. The molecule has 3 aromatic rings. The van der Waals surface area contributed by atoms with Gasteiger partial charge >= 0.3 is 12.1 Å². The summed E-state index contributed by atoms with van der Waals surface area (Å²) >= 11 is 11.8. The molecule has 0 unspecified atom stereocenters. The molecule has 3 nitrogen and oxygen atoms in total. The van der Waals surface area contributed by atoms with Gasteiger partial charge in [-0.3, -0.25) is 0 Å². The van der Waals surface area contributed by atoms with Crippen LogP contribution in [0.5, 0.6) is 0 Å². The van der Waals surface area contributed by atoms with Crippen molar-refractivity contribution in [3.8, 4) is 0 Å². The minimum Gasteiger partial charge on any atom is -0.477 e. The number of aromatic nitrogens is 1. The van der Waals surface area contributed by atoms with Gasteiger partial charge in [0.15, 0.2) is 0 Å². The fourth-order valence-corrected chi connectivity index (χ4v) is 2.96. The molecule has 3 rings (SSSR count). The van der Waals surface area contributed by atoms with E-state index in [-0.39, 0.29) is 28.1 Å². The Morgan fingerprint density at radius 1 is 1.08 bits per heavy atom. The summed E-state index contributed by atoms with van der Waals surface area (Å²) in [4.78, 5) is 14.1. The van der Waals surface area contributed by atoms with Crippen LogP contribution in [-0.2, 0) is 12.6 Å². The minimum absolute atomic E-state index is 0.0971. The van der Waals surface area contributed by atoms with Crippen molar-refractivity contribution in [2.45, 2.75) is 12.6 Å². The maximum Gasteiger partial charge on any atom is 0.416 e. The van der Waals surface area contributed by atoms with E-state index < -0.39 is 17.7 Å². The van der Waals surface area contributed by atoms with E-state index in [1.54, 1.807) is 18.2 Å². The maximum atomic E-state index is 13.0. The van der Waals surface area contributed by atoms with Gasteiger partial charge in [-0.05, 0) is 41.5 Å². The van der Waals surface area contributed by atoms with Crippen molar-refractivity contribution in [3.05, 3.63) is 68.8 Å². The summed E-state index contributed by atoms with van der Waals surface area (Å²) in [6.07, 6.45) is -4.42. The Bertz CT molecular complexity index is 980. The van der Waals surface area contributed by atoms with Crippen LogP contribution in [0, 0.1) is 0 Å². The molecule has 0 spiro atoms. The van der Waals surface area contributed by atoms with Crippen molar-refractivity contribution in [2.75, 3.05) is 0 Å².